The van der Waals surface area contributed by atoms with Crippen LogP contribution in [-0.2, 0) is 0 Å². The van der Waals surface area contributed by atoms with Crippen molar-refractivity contribution in [3.05, 3.63) is 169 Å². The summed E-state index contributed by atoms with van der Waals surface area (Å²) in [4.78, 5) is 128. The van der Waals surface area contributed by atoms with Crippen molar-refractivity contribution in [2.75, 3.05) is 0 Å². The van der Waals surface area contributed by atoms with Gasteiger partial charge in [-0.2, -0.15) is 0 Å². The maximum atomic E-state index is 12.7. The van der Waals surface area contributed by atoms with E-state index in [1.165, 1.54) is 0 Å². The minimum absolute atomic E-state index is 0.655. The zero-order valence-corrected chi connectivity index (χ0v) is 25.9. The summed E-state index contributed by atoms with van der Waals surface area (Å²) in [7, 11) is 0. The molecular weight excluding hydrogens is 819 g/mol. The molecule has 0 aliphatic carbocycles. The summed E-state index contributed by atoms with van der Waals surface area (Å²) in [5.74, 6) is -10.2. The Labute approximate surface area is 301 Å². The van der Waals surface area contributed by atoms with Gasteiger partial charge in [-0.15, -0.1) is 0 Å². The molecule has 0 spiro atoms. The molecule has 0 fully saturated rings. The van der Waals surface area contributed by atoms with Crippen LogP contribution in [-0.4, -0.2) is 131 Å². The first-order chi connectivity index (χ1) is 26.3. The van der Waals surface area contributed by atoms with Crippen LogP contribution in [0, 0.1) is 121 Å². The van der Waals surface area contributed by atoms with Crippen LogP contribution in [0.1, 0.15) is 0 Å². The first-order valence-electron chi connectivity index (χ1n) is 13.3. The van der Waals surface area contributed by atoms with E-state index in [2.05, 4.69) is 0 Å². The molecule has 4 aliphatic rings. The van der Waals surface area contributed by atoms with E-state index in [-0.39, 0.29) is 0 Å². The monoisotopic (exact) mass is 827 g/mol. The van der Waals surface area contributed by atoms with Crippen LogP contribution >= 0.6 is 0 Å². The topological polar surface area (TPSA) is 544 Å². The highest BCUT2D eigenvalue weighted by molar-refractivity contribution is 6.71. The van der Waals surface area contributed by atoms with E-state index in [1.54, 1.807) is 0 Å². The molecule has 4 unspecified atom stereocenters. The number of hydrogen-bond acceptors (Lipinski definition) is 28. The van der Waals surface area contributed by atoms with Gasteiger partial charge in [0.05, 0.1) is 19.7 Å². The third-order valence-corrected chi connectivity index (χ3v) is 7.74. The highest BCUT2D eigenvalue weighted by Gasteiger charge is 2.93. The van der Waals surface area contributed by atoms with E-state index in [0.717, 1.165) is 0 Å². The second kappa shape index (κ2) is 13.3. The van der Waals surface area contributed by atoms with Crippen LogP contribution in [0.25, 0.3) is 0 Å². The lowest BCUT2D eigenvalue weighted by molar-refractivity contribution is -0.735. The maximum Gasteiger partial charge on any atom is 0.792 e. The Morgan fingerprint density at radius 2 is 0.491 bits per heavy atom. The molecule has 0 bridgehead atoms. The van der Waals surface area contributed by atoms with Crippen molar-refractivity contribution in [1.29, 1.82) is 0 Å². The average molecular weight is 827 g/mol. The van der Waals surface area contributed by atoms with Gasteiger partial charge < -0.3 is 40.5 Å². The Morgan fingerprint density at radius 1 is 0.333 bits per heavy atom. The predicted molar refractivity (Wildman–Crippen MR) is 152 cm³/mol. The normalized spacial score (nSPS) is 22.6. The van der Waals surface area contributed by atoms with E-state index in [1.807, 2.05) is 0 Å². The van der Waals surface area contributed by atoms with Crippen molar-refractivity contribution < 1.29 is 59.5 Å². The smallest absolute Gasteiger partial charge is 0.358 e. The van der Waals surface area contributed by atoms with Crippen molar-refractivity contribution in [3.63, 3.8) is 0 Å². The molecular formula is C12H8BN20O24-. The molecule has 4 aliphatic heterocycles. The molecule has 0 aromatic carbocycles. The van der Waals surface area contributed by atoms with E-state index < -0.39 is 179 Å². The summed E-state index contributed by atoms with van der Waals surface area (Å²) < 4.78 is 0. The third kappa shape index (κ3) is 5.67. The van der Waals surface area contributed by atoms with Crippen LogP contribution in [0.4, 0.5) is 0 Å². The van der Waals surface area contributed by atoms with Crippen LogP contribution in [0.15, 0.2) is 48.1 Å². The SMILES string of the molecule is O=[N+]([O-])C1=CN([N+](=O)[O-])C([N+](=O)[O-])N1[B-](N1C([N+](=O)[O-])=CN([N+](=O)[O-])C1[N+](=O)[O-])(N1C([N+](=O)[O-])=CN([N+](=O)[O-])C1[N+](=O)[O-])N1C([N+](=O)[O-])=CN([N+](=O)[O-])C1[N+](=O)[O-]. The summed E-state index contributed by atoms with van der Waals surface area (Å²) >= 11 is 0. The Bertz CT molecular complexity index is 1820. The first-order valence-corrected chi connectivity index (χ1v) is 13.3. The highest BCUT2D eigenvalue weighted by Crippen LogP contribution is 2.49. The number of hydrogen-bond donors (Lipinski definition) is 0. The summed E-state index contributed by atoms with van der Waals surface area (Å²) in [6, 6.07) is 0. The lowest BCUT2D eigenvalue weighted by atomic mass is 9.63. The fourth-order valence-electron chi connectivity index (χ4n) is 6.10. The van der Waals surface area contributed by atoms with Crippen molar-refractivity contribution >= 4 is 6.69 Å². The van der Waals surface area contributed by atoms with E-state index in [4.69, 9.17) is 0 Å². The zero-order chi connectivity index (χ0) is 43.5. The second-order valence-corrected chi connectivity index (χ2v) is 10.3. The standard InChI is InChI=1S/C12H8BN20O24/c34-22(35)5-1-14(30(50)51)9(26(42)43)18(5)13(19-6(23(36)37)2-15(31(52)53)10(19)27(44)45,20-7(24(38)39)3-16(32(54)55)11(20)28(46)47)21-8(25(40)41)4-17(33(56)57)12(21)29(48)49/h1-4,9-12H/q-1. The van der Waals surface area contributed by atoms with Gasteiger partial charge in [-0.3, -0.25) is 40.5 Å². The average Bonchev–Trinajstić information content (AvgIpc) is 3.86. The predicted octanol–water partition coefficient (Wildman–Crippen LogP) is -4.80. The zero-order valence-electron chi connectivity index (χ0n) is 25.9. The number of nitrogens with zero attached hydrogens (tertiary/aromatic N) is 20. The Hall–Kier alpha value is -9.78. The molecule has 0 aromatic heterocycles. The van der Waals surface area contributed by atoms with Gasteiger partial charge in [0.2, 0.25) is 0 Å². The Balaban J connectivity index is 2.57. The van der Waals surface area contributed by atoms with Crippen LogP contribution < -0.4 is 0 Å². The van der Waals surface area contributed by atoms with Gasteiger partial charge in [0, 0.05) is 20.0 Å². The molecule has 45 heteroatoms. The molecule has 44 nitrogen and oxygen atoms in total. The van der Waals surface area contributed by atoms with E-state index in [0.29, 0.717) is 0 Å². The van der Waals surface area contributed by atoms with Gasteiger partial charge in [-0.05, 0) is 19.7 Å². The molecule has 4 rings (SSSR count). The van der Waals surface area contributed by atoms with Gasteiger partial charge in [0.15, 0.2) is 44.9 Å². The van der Waals surface area contributed by atoms with E-state index in [9.17, 15) is 121 Å². The largest absolute Gasteiger partial charge is 0.792 e. The molecule has 0 saturated carbocycles. The minimum Gasteiger partial charge on any atom is -0.358 e. The van der Waals surface area contributed by atoms with E-state index >= 15 is 0 Å². The fourth-order valence-corrected chi connectivity index (χ4v) is 6.10. The molecule has 57 heavy (non-hydrogen) atoms. The molecule has 4 heterocycles. The van der Waals surface area contributed by atoms with Crippen molar-refractivity contribution in [1.82, 2.24) is 39.3 Å². The van der Waals surface area contributed by atoms with Crippen LogP contribution in [0.2, 0.25) is 0 Å². The summed E-state index contributed by atoms with van der Waals surface area (Å²) in [5, 5.41) is 137. The second-order valence-electron chi connectivity index (χ2n) is 10.3. The van der Waals surface area contributed by atoms with Crippen LogP contribution in [0.5, 0.6) is 0 Å². The Kier molecular flexibility index (Phi) is 9.35. The lowest BCUT2D eigenvalue weighted by Crippen LogP contribution is -2.89. The summed E-state index contributed by atoms with van der Waals surface area (Å²) in [6.45, 7) is -6.78. The lowest BCUT2D eigenvalue weighted by Gasteiger charge is -2.46. The molecule has 0 amide bonds. The van der Waals surface area contributed by atoms with Crippen LogP contribution in [0.3, 0.4) is 0 Å². The summed E-state index contributed by atoms with van der Waals surface area (Å²) in [6.07, 6.45) is -19.1. The minimum atomic E-state index is -6.78. The number of nitro groups is 12. The molecule has 304 valence electrons. The first kappa shape index (κ1) is 40.0. The highest BCUT2D eigenvalue weighted by atomic mass is 16.7. The fraction of sp³-hybridized carbons (Fsp3) is 0.333. The third-order valence-electron chi connectivity index (χ3n) is 7.74. The molecule has 0 N–H and O–H groups in total. The number of hydrazine groups is 4. The quantitative estimate of drug-likeness (QED) is 0.0800. The Morgan fingerprint density at radius 3 is 0.596 bits per heavy atom. The van der Waals surface area contributed by atoms with Gasteiger partial charge in [-0.25, -0.2) is 59.7 Å². The number of rotatable bonds is 16. The van der Waals surface area contributed by atoms with Gasteiger partial charge in [0.25, 0.3) is 0 Å². The van der Waals surface area contributed by atoms with Gasteiger partial charge in [0.1, 0.15) is 0 Å². The van der Waals surface area contributed by atoms with Crippen molar-refractivity contribution in [3.8, 4) is 0 Å². The molecule has 0 aromatic rings. The van der Waals surface area contributed by atoms with Gasteiger partial charge >= 0.3 is 55.1 Å². The van der Waals surface area contributed by atoms with Crippen molar-refractivity contribution in [2.24, 2.45) is 0 Å². The van der Waals surface area contributed by atoms with Crippen molar-refractivity contribution in [2.45, 2.75) is 25.2 Å². The molecule has 0 saturated heterocycles. The maximum absolute atomic E-state index is 12.7. The van der Waals surface area contributed by atoms with Gasteiger partial charge in [-0.1, -0.05) is 0 Å². The molecule has 4 atom stereocenters. The summed E-state index contributed by atoms with van der Waals surface area (Å²) in [5.41, 5.74) is 0. The molecule has 0 radical (unpaired) electrons.